The van der Waals surface area contributed by atoms with Crippen molar-refractivity contribution in [2.45, 2.75) is 26.9 Å². The fourth-order valence-corrected chi connectivity index (χ4v) is 2.94. The van der Waals surface area contributed by atoms with Gasteiger partial charge in [0.05, 0.1) is 11.5 Å². The van der Waals surface area contributed by atoms with Gasteiger partial charge in [0.25, 0.3) is 5.91 Å². The third-order valence-electron chi connectivity index (χ3n) is 3.87. The molecule has 6 nitrogen and oxygen atoms in total. The number of hydrogen-bond acceptors (Lipinski definition) is 5. The fourth-order valence-electron chi connectivity index (χ4n) is 2.35. The van der Waals surface area contributed by atoms with Crippen molar-refractivity contribution in [2.24, 2.45) is 0 Å². The van der Waals surface area contributed by atoms with E-state index in [0.29, 0.717) is 11.3 Å². The lowest BCUT2D eigenvalue weighted by atomic mass is 10.2. The number of benzene rings is 2. The van der Waals surface area contributed by atoms with Crippen molar-refractivity contribution in [3.05, 3.63) is 59.4 Å². The van der Waals surface area contributed by atoms with Gasteiger partial charge in [-0.3, -0.25) is 14.4 Å². The summed E-state index contributed by atoms with van der Waals surface area (Å²) in [6.07, 6.45) is -1.05. The van der Waals surface area contributed by atoms with E-state index in [-0.39, 0.29) is 23.1 Å². The smallest absolute Gasteiger partial charge is 0.316 e. The number of aryl methyl sites for hydroxylation is 2. The zero-order valence-corrected chi connectivity index (χ0v) is 17.3. The maximum Gasteiger partial charge on any atom is 0.316 e. The highest BCUT2D eigenvalue weighted by atomic mass is 32.2. The summed E-state index contributed by atoms with van der Waals surface area (Å²) < 4.78 is 18.6. The van der Waals surface area contributed by atoms with Gasteiger partial charge in [-0.15, -0.1) is 11.8 Å². The highest BCUT2D eigenvalue weighted by Gasteiger charge is 2.18. The second-order valence-corrected chi connectivity index (χ2v) is 7.48. The quantitative estimate of drug-likeness (QED) is 0.639. The van der Waals surface area contributed by atoms with E-state index in [4.69, 9.17) is 4.74 Å². The number of ether oxygens (including phenoxy) is 1. The number of halogens is 1. The number of carbonyl (C=O) groups is 3. The monoisotopic (exact) mass is 418 g/mol. The van der Waals surface area contributed by atoms with Gasteiger partial charge in [0.15, 0.2) is 6.10 Å². The van der Waals surface area contributed by atoms with Crippen LogP contribution in [0.25, 0.3) is 0 Å². The normalized spacial score (nSPS) is 11.4. The summed E-state index contributed by atoms with van der Waals surface area (Å²) in [5.41, 5.74) is 2.46. The number of hydrogen-bond donors (Lipinski definition) is 2. The van der Waals surface area contributed by atoms with Crippen LogP contribution in [0.3, 0.4) is 0 Å². The molecule has 0 aromatic heterocycles. The largest absolute Gasteiger partial charge is 0.452 e. The summed E-state index contributed by atoms with van der Waals surface area (Å²) in [6, 6.07) is 11.7. The molecule has 0 radical (unpaired) electrons. The number of amides is 2. The number of anilines is 2. The Morgan fingerprint density at radius 2 is 1.76 bits per heavy atom. The minimum Gasteiger partial charge on any atom is -0.452 e. The van der Waals surface area contributed by atoms with Gasteiger partial charge in [0.2, 0.25) is 5.91 Å². The van der Waals surface area contributed by atoms with Crippen molar-refractivity contribution in [3.8, 4) is 0 Å². The average Bonchev–Trinajstić information content (AvgIpc) is 2.64. The van der Waals surface area contributed by atoms with Crippen molar-refractivity contribution in [1.82, 2.24) is 0 Å². The molecule has 2 aromatic carbocycles. The maximum absolute atomic E-state index is 13.5. The van der Waals surface area contributed by atoms with E-state index in [1.807, 2.05) is 25.1 Å². The standard InChI is InChI=1S/C21H23FN2O4S/c1-13-5-4-6-16(9-13)23-19(25)11-29-12-20(26)28-15(3)21(27)24-17-8-7-14(2)18(22)10-17/h4-10,15H,11-12H2,1-3H3,(H,23,25)(H,24,27)/t15-/m1/s1. The maximum atomic E-state index is 13.5. The molecule has 0 fully saturated rings. The van der Waals surface area contributed by atoms with Crippen LogP contribution < -0.4 is 10.6 Å². The Bertz CT molecular complexity index is 904. The highest BCUT2D eigenvalue weighted by Crippen LogP contribution is 2.14. The van der Waals surface area contributed by atoms with Gasteiger partial charge in [0, 0.05) is 11.4 Å². The van der Waals surface area contributed by atoms with Gasteiger partial charge < -0.3 is 15.4 Å². The van der Waals surface area contributed by atoms with Crippen LogP contribution in [0.15, 0.2) is 42.5 Å². The van der Waals surface area contributed by atoms with E-state index in [1.165, 1.54) is 13.0 Å². The summed E-state index contributed by atoms with van der Waals surface area (Å²) >= 11 is 1.09. The number of rotatable bonds is 8. The molecule has 8 heteroatoms. The van der Waals surface area contributed by atoms with Crippen LogP contribution in [0, 0.1) is 19.7 Å². The van der Waals surface area contributed by atoms with Crippen molar-refractivity contribution >= 4 is 40.9 Å². The van der Waals surface area contributed by atoms with E-state index in [0.717, 1.165) is 17.3 Å². The third-order valence-corrected chi connectivity index (χ3v) is 4.78. The van der Waals surface area contributed by atoms with Gasteiger partial charge in [0.1, 0.15) is 5.82 Å². The molecule has 0 aliphatic heterocycles. The Labute approximate surface area is 173 Å². The van der Waals surface area contributed by atoms with Crippen molar-refractivity contribution in [3.63, 3.8) is 0 Å². The van der Waals surface area contributed by atoms with Gasteiger partial charge in [-0.25, -0.2) is 4.39 Å². The zero-order valence-electron chi connectivity index (χ0n) is 16.5. The molecule has 0 spiro atoms. The number of carbonyl (C=O) groups excluding carboxylic acids is 3. The van der Waals surface area contributed by atoms with E-state index in [2.05, 4.69) is 10.6 Å². The first-order valence-electron chi connectivity index (χ1n) is 8.95. The molecule has 2 aromatic rings. The van der Waals surface area contributed by atoms with Crippen LogP contribution in [0.4, 0.5) is 15.8 Å². The Hall–Kier alpha value is -2.87. The third kappa shape index (κ3) is 7.57. The zero-order chi connectivity index (χ0) is 21.4. The second kappa shape index (κ2) is 10.6. The second-order valence-electron chi connectivity index (χ2n) is 6.50. The molecule has 0 saturated heterocycles. The molecule has 0 unspecified atom stereocenters. The van der Waals surface area contributed by atoms with Crippen LogP contribution in [-0.2, 0) is 19.1 Å². The van der Waals surface area contributed by atoms with Crippen molar-refractivity contribution < 1.29 is 23.5 Å². The number of thioether (sulfide) groups is 1. The predicted molar refractivity (Wildman–Crippen MR) is 112 cm³/mol. The SMILES string of the molecule is Cc1cccc(NC(=O)CSCC(=O)O[C@H](C)C(=O)Nc2ccc(C)c(F)c2)c1. The highest BCUT2D eigenvalue weighted by molar-refractivity contribution is 8.00. The fraction of sp³-hybridized carbons (Fsp3) is 0.286. The topological polar surface area (TPSA) is 84.5 Å². The predicted octanol–water partition coefficient (Wildman–Crippen LogP) is 3.68. The minimum atomic E-state index is -1.05. The molecule has 0 saturated carbocycles. The average molecular weight is 418 g/mol. The molecule has 1 atom stereocenters. The summed E-state index contributed by atoms with van der Waals surface area (Å²) in [5.74, 6) is -1.85. The molecular formula is C21H23FN2O4S. The molecule has 0 aliphatic carbocycles. The van der Waals surface area contributed by atoms with Crippen LogP contribution in [0.1, 0.15) is 18.1 Å². The van der Waals surface area contributed by atoms with Crippen LogP contribution in [0.5, 0.6) is 0 Å². The van der Waals surface area contributed by atoms with Gasteiger partial charge in [-0.2, -0.15) is 0 Å². The Balaban J connectivity index is 1.71. The lowest BCUT2D eigenvalue weighted by Gasteiger charge is -2.14. The van der Waals surface area contributed by atoms with Crippen molar-refractivity contribution in [1.29, 1.82) is 0 Å². The number of esters is 1. The van der Waals surface area contributed by atoms with Crippen molar-refractivity contribution in [2.75, 3.05) is 22.1 Å². The summed E-state index contributed by atoms with van der Waals surface area (Å²) in [4.78, 5) is 35.9. The number of nitrogens with one attached hydrogen (secondary N) is 2. The van der Waals surface area contributed by atoms with E-state index < -0.39 is 23.8 Å². The molecule has 2 N–H and O–H groups in total. The molecular weight excluding hydrogens is 395 g/mol. The van der Waals surface area contributed by atoms with Gasteiger partial charge in [-0.05, 0) is 56.2 Å². The van der Waals surface area contributed by atoms with E-state index >= 15 is 0 Å². The van der Waals surface area contributed by atoms with Gasteiger partial charge >= 0.3 is 5.97 Å². The Kier molecular flexibility index (Phi) is 8.21. The molecule has 0 heterocycles. The van der Waals surface area contributed by atoms with Crippen LogP contribution in [-0.4, -0.2) is 35.4 Å². The first-order chi connectivity index (χ1) is 13.7. The summed E-state index contributed by atoms with van der Waals surface area (Å²) in [7, 11) is 0. The van der Waals surface area contributed by atoms with E-state index in [9.17, 15) is 18.8 Å². The lowest BCUT2D eigenvalue weighted by molar-refractivity contribution is -0.150. The van der Waals surface area contributed by atoms with Gasteiger partial charge in [-0.1, -0.05) is 18.2 Å². The molecule has 0 bridgehead atoms. The minimum absolute atomic E-state index is 0.0714. The Morgan fingerprint density at radius 1 is 1.03 bits per heavy atom. The van der Waals surface area contributed by atoms with Crippen LogP contribution >= 0.6 is 11.8 Å². The first-order valence-corrected chi connectivity index (χ1v) is 10.1. The van der Waals surface area contributed by atoms with Crippen LogP contribution in [0.2, 0.25) is 0 Å². The molecule has 29 heavy (non-hydrogen) atoms. The molecule has 2 amide bonds. The summed E-state index contributed by atoms with van der Waals surface area (Å²) in [5, 5.41) is 5.24. The lowest BCUT2D eigenvalue weighted by Crippen LogP contribution is -2.30. The van der Waals surface area contributed by atoms with E-state index in [1.54, 1.807) is 25.1 Å². The Morgan fingerprint density at radius 3 is 2.45 bits per heavy atom. The summed E-state index contributed by atoms with van der Waals surface area (Å²) in [6.45, 7) is 4.96. The molecule has 0 aliphatic rings. The first kappa shape index (κ1) is 22.4. The molecule has 2 rings (SSSR count). The molecule has 154 valence electrons.